The standard InChI is InChI=1S/C24H17ClFN3O2/c25-21-11-18(8-6-16(21)12-27)28-24(31)23(30)14-29-13-20(15-4-2-1-3-5-15)19-10-17(26)7-9-22(19)29/h1-11,13,23,30H,14H2,(H,28,31)/t23-/m0/s1. The summed E-state index contributed by atoms with van der Waals surface area (Å²) >= 11 is 5.99. The number of carbonyl (C=O) groups excluding carboxylic acids is 1. The Morgan fingerprint density at radius 2 is 1.94 bits per heavy atom. The van der Waals surface area contributed by atoms with Gasteiger partial charge in [-0.15, -0.1) is 0 Å². The molecule has 0 saturated heterocycles. The van der Waals surface area contributed by atoms with Gasteiger partial charge in [0.25, 0.3) is 5.91 Å². The Bertz CT molecular complexity index is 1310. The van der Waals surface area contributed by atoms with Crippen LogP contribution in [0.25, 0.3) is 22.0 Å². The fourth-order valence-corrected chi connectivity index (χ4v) is 3.67. The van der Waals surface area contributed by atoms with Crippen molar-refractivity contribution in [3.8, 4) is 17.2 Å². The molecule has 2 N–H and O–H groups in total. The molecule has 1 amide bonds. The van der Waals surface area contributed by atoms with E-state index in [-0.39, 0.29) is 17.4 Å². The van der Waals surface area contributed by atoms with Crippen molar-refractivity contribution in [2.24, 2.45) is 0 Å². The van der Waals surface area contributed by atoms with Crippen LogP contribution in [0.5, 0.6) is 0 Å². The van der Waals surface area contributed by atoms with Gasteiger partial charge in [0, 0.05) is 28.4 Å². The minimum Gasteiger partial charge on any atom is -0.381 e. The van der Waals surface area contributed by atoms with Crippen molar-refractivity contribution in [1.82, 2.24) is 4.57 Å². The third-order valence-corrected chi connectivity index (χ3v) is 5.27. The van der Waals surface area contributed by atoms with Crippen LogP contribution in [0.3, 0.4) is 0 Å². The zero-order valence-corrected chi connectivity index (χ0v) is 17.0. The van der Waals surface area contributed by atoms with E-state index in [2.05, 4.69) is 5.32 Å². The Balaban J connectivity index is 1.60. The van der Waals surface area contributed by atoms with Gasteiger partial charge >= 0.3 is 0 Å². The summed E-state index contributed by atoms with van der Waals surface area (Å²) in [6.45, 7) is -0.0230. The first-order chi connectivity index (χ1) is 15.0. The highest BCUT2D eigenvalue weighted by Gasteiger charge is 2.19. The number of aliphatic hydroxyl groups is 1. The number of aliphatic hydroxyl groups excluding tert-OH is 1. The summed E-state index contributed by atoms with van der Waals surface area (Å²) in [6, 6.07) is 20.4. The maximum absolute atomic E-state index is 13.9. The average molecular weight is 434 g/mol. The highest BCUT2D eigenvalue weighted by molar-refractivity contribution is 6.32. The van der Waals surface area contributed by atoms with Gasteiger partial charge in [0.1, 0.15) is 11.9 Å². The lowest BCUT2D eigenvalue weighted by molar-refractivity contribution is -0.124. The maximum atomic E-state index is 13.9. The van der Waals surface area contributed by atoms with Crippen LogP contribution in [0.1, 0.15) is 5.56 Å². The molecule has 31 heavy (non-hydrogen) atoms. The number of rotatable bonds is 5. The van der Waals surface area contributed by atoms with Crippen molar-refractivity contribution in [1.29, 1.82) is 5.26 Å². The molecule has 0 spiro atoms. The first-order valence-electron chi connectivity index (χ1n) is 9.48. The van der Waals surface area contributed by atoms with Crippen LogP contribution in [0.4, 0.5) is 10.1 Å². The number of nitriles is 1. The number of aromatic nitrogens is 1. The molecule has 5 nitrogen and oxygen atoms in total. The maximum Gasteiger partial charge on any atom is 0.255 e. The lowest BCUT2D eigenvalue weighted by Gasteiger charge is -2.13. The Labute approximate surface area is 182 Å². The molecule has 1 aromatic heterocycles. The topological polar surface area (TPSA) is 78.1 Å². The molecule has 0 bridgehead atoms. The van der Waals surface area contributed by atoms with Crippen LogP contribution in [0, 0.1) is 17.1 Å². The summed E-state index contributed by atoms with van der Waals surface area (Å²) in [5.74, 6) is -0.982. The van der Waals surface area contributed by atoms with Crippen molar-refractivity contribution in [3.05, 3.63) is 89.3 Å². The molecule has 3 aromatic carbocycles. The molecule has 0 aliphatic rings. The summed E-state index contributed by atoms with van der Waals surface area (Å²) in [5.41, 5.74) is 3.08. The summed E-state index contributed by atoms with van der Waals surface area (Å²) in [4.78, 5) is 12.5. The quantitative estimate of drug-likeness (QED) is 0.466. The normalized spacial score (nSPS) is 11.8. The van der Waals surface area contributed by atoms with E-state index in [4.69, 9.17) is 16.9 Å². The zero-order chi connectivity index (χ0) is 22.0. The van der Waals surface area contributed by atoms with Gasteiger partial charge in [-0.3, -0.25) is 4.79 Å². The average Bonchev–Trinajstić information content (AvgIpc) is 3.11. The number of hydrogen-bond donors (Lipinski definition) is 2. The van der Waals surface area contributed by atoms with Crippen molar-refractivity contribution < 1.29 is 14.3 Å². The van der Waals surface area contributed by atoms with Crippen molar-refractivity contribution in [2.75, 3.05) is 5.32 Å². The number of benzene rings is 3. The molecule has 7 heteroatoms. The SMILES string of the molecule is N#Cc1ccc(NC(=O)[C@@H](O)Cn2cc(-c3ccccc3)c3cc(F)ccc32)cc1Cl. The van der Waals surface area contributed by atoms with E-state index >= 15 is 0 Å². The monoisotopic (exact) mass is 433 g/mol. The molecule has 0 aliphatic carbocycles. The molecule has 154 valence electrons. The molecule has 0 unspecified atom stereocenters. The molecular formula is C24H17ClFN3O2. The largest absolute Gasteiger partial charge is 0.381 e. The molecule has 0 radical (unpaired) electrons. The van der Waals surface area contributed by atoms with Crippen LogP contribution in [0.2, 0.25) is 5.02 Å². The van der Waals surface area contributed by atoms with Gasteiger partial charge in [0.2, 0.25) is 0 Å². The highest BCUT2D eigenvalue weighted by atomic mass is 35.5. The van der Waals surface area contributed by atoms with Crippen LogP contribution >= 0.6 is 11.6 Å². The van der Waals surface area contributed by atoms with Gasteiger partial charge in [-0.1, -0.05) is 41.9 Å². The Hall–Kier alpha value is -3.66. The van der Waals surface area contributed by atoms with Gasteiger partial charge in [-0.25, -0.2) is 4.39 Å². The molecule has 1 heterocycles. The fraction of sp³-hybridized carbons (Fsp3) is 0.0833. The molecule has 1 atom stereocenters. The number of amides is 1. The summed E-state index contributed by atoms with van der Waals surface area (Å²) in [6.07, 6.45) is 0.438. The van der Waals surface area contributed by atoms with Crippen LogP contribution in [0.15, 0.2) is 72.9 Å². The van der Waals surface area contributed by atoms with Gasteiger partial charge < -0.3 is 15.0 Å². The van der Waals surface area contributed by atoms with E-state index in [0.29, 0.717) is 22.2 Å². The van der Waals surface area contributed by atoms with Gasteiger partial charge in [-0.2, -0.15) is 5.26 Å². The lowest BCUT2D eigenvalue weighted by atomic mass is 10.1. The third kappa shape index (κ3) is 4.29. The molecule has 0 fully saturated rings. The number of fused-ring (bicyclic) bond motifs is 1. The van der Waals surface area contributed by atoms with E-state index in [1.807, 2.05) is 36.4 Å². The predicted molar refractivity (Wildman–Crippen MR) is 118 cm³/mol. The Morgan fingerprint density at radius 3 is 2.65 bits per heavy atom. The number of halogens is 2. The predicted octanol–water partition coefficient (Wildman–Crippen LogP) is 4.97. The highest BCUT2D eigenvalue weighted by Crippen LogP contribution is 2.31. The number of nitrogens with zero attached hydrogens (tertiary/aromatic N) is 2. The van der Waals surface area contributed by atoms with Crippen molar-refractivity contribution in [2.45, 2.75) is 12.6 Å². The number of carbonyl (C=O) groups is 1. The minimum absolute atomic E-state index is 0.0230. The van der Waals surface area contributed by atoms with E-state index in [9.17, 15) is 14.3 Å². The Kier molecular flexibility index (Phi) is 5.72. The second kappa shape index (κ2) is 8.60. The minimum atomic E-state index is -1.36. The first-order valence-corrected chi connectivity index (χ1v) is 9.86. The molecular weight excluding hydrogens is 417 g/mol. The fourth-order valence-electron chi connectivity index (χ4n) is 3.45. The smallest absolute Gasteiger partial charge is 0.255 e. The molecule has 4 aromatic rings. The van der Waals surface area contributed by atoms with E-state index in [0.717, 1.165) is 11.1 Å². The summed E-state index contributed by atoms with van der Waals surface area (Å²) in [5, 5.41) is 22.9. The number of anilines is 1. The van der Waals surface area contributed by atoms with Gasteiger partial charge in [0.05, 0.1) is 17.1 Å². The second-order valence-electron chi connectivity index (χ2n) is 7.03. The van der Waals surface area contributed by atoms with Crippen LogP contribution < -0.4 is 5.32 Å². The number of hydrogen-bond acceptors (Lipinski definition) is 3. The molecule has 0 aliphatic heterocycles. The van der Waals surface area contributed by atoms with Crippen LogP contribution in [-0.4, -0.2) is 21.7 Å². The van der Waals surface area contributed by atoms with Crippen molar-refractivity contribution >= 4 is 34.1 Å². The third-order valence-electron chi connectivity index (χ3n) is 4.96. The summed E-state index contributed by atoms with van der Waals surface area (Å²) < 4.78 is 15.6. The molecule has 0 saturated carbocycles. The summed E-state index contributed by atoms with van der Waals surface area (Å²) in [7, 11) is 0. The van der Waals surface area contributed by atoms with Gasteiger partial charge in [0.15, 0.2) is 6.10 Å². The number of nitrogens with one attached hydrogen (secondary N) is 1. The first kappa shape index (κ1) is 20.6. The second-order valence-corrected chi connectivity index (χ2v) is 7.44. The Morgan fingerprint density at radius 1 is 1.16 bits per heavy atom. The zero-order valence-electron chi connectivity index (χ0n) is 16.2. The van der Waals surface area contributed by atoms with Crippen molar-refractivity contribution in [3.63, 3.8) is 0 Å². The lowest BCUT2D eigenvalue weighted by Crippen LogP contribution is -2.31. The van der Waals surface area contributed by atoms with E-state index in [1.54, 1.807) is 16.8 Å². The molecule has 4 rings (SSSR count). The van der Waals surface area contributed by atoms with Gasteiger partial charge in [-0.05, 0) is 42.0 Å². The van der Waals surface area contributed by atoms with E-state index < -0.39 is 12.0 Å². The van der Waals surface area contributed by atoms with Crippen LogP contribution in [-0.2, 0) is 11.3 Å². The van der Waals surface area contributed by atoms with E-state index in [1.165, 1.54) is 30.3 Å².